The second-order valence-electron chi connectivity index (χ2n) is 5.16. The highest BCUT2D eigenvalue weighted by atomic mass is 32.2. The Hall–Kier alpha value is -0.690. The summed E-state index contributed by atoms with van der Waals surface area (Å²) in [6.07, 6.45) is 4.18. The molecule has 0 N–H and O–H groups in total. The van der Waals surface area contributed by atoms with Crippen molar-refractivity contribution in [1.29, 1.82) is 0 Å². The second-order valence-corrected chi connectivity index (χ2v) is 7.32. The van der Waals surface area contributed by atoms with Crippen molar-refractivity contribution in [3.63, 3.8) is 0 Å². The van der Waals surface area contributed by atoms with Crippen LogP contribution in [0.25, 0.3) is 0 Å². The summed E-state index contributed by atoms with van der Waals surface area (Å²) in [6.45, 7) is 5.88. The molecule has 1 unspecified atom stereocenters. The Kier molecular flexibility index (Phi) is 5.77. The highest BCUT2D eigenvalue weighted by molar-refractivity contribution is 8.00. The highest BCUT2D eigenvalue weighted by Gasteiger charge is 2.26. The third kappa shape index (κ3) is 4.15. The maximum atomic E-state index is 12.4. The normalized spacial score (nSPS) is 18.2. The van der Waals surface area contributed by atoms with Gasteiger partial charge >= 0.3 is 0 Å². The number of hydrogen-bond donors (Lipinski definition) is 0. The van der Waals surface area contributed by atoms with Crippen molar-refractivity contribution < 1.29 is 9.21 Å². The molecule has 0 spiro atoms. The van der Waals surface area contributed by atoms with Crippen molar-refractivity contribution in [2.45, 2.75) is 42.9 Å². The lowest BCUT2D eigenvalue weighted by atomic mass is 9.99. The molecule has 2 heterocycles. The minimum Gasteiger partial charge on any atom is -0.415 e. The van der Waals surface area contributed by atoms with E-state index in [1.807, 2.05) is 18.1 Å². The summed E-state index contributed by atoms with van der Waals surface area (Å²) >= 11 is 2.99. The number of carbonyl (C=O) groups is 1. The van der Waals surface area contributed by atoms with E-state index in [2.05, 4.69) is 17.1 Å². The Morgan fingerprint density at radius 2 is 2.15 bits per heavy atom. The molecule has 5 nitrogen and oxygen atoms in total. The molecule has 1 fully saturated rings. The van der Waals surface area contributed by atoms with Gasteiger partial charge in [0.15, 0.2) is 0 Å². The first kappa shape index (κ1) is 15.7. The molecule has 1 aromatic heterocycles. The van der Waals surface area contributed by atoms with Gasteiger partial charge in [0.05, 0.1) is 11.0 Å². The Balaban J connectivity index is 1.86. The minimum absolute atomic E-state index is 0.173. The molecule has 112 valence electrons. The van der Waals surface area contributed by atoms with Crippen molar-refractivity contribution in [2.75, 3.05) is 19.3 Å². The molecule has 0 saturated carbocycles. The zero-order valence-corrected chi connectivity index (χ0v) is 13.8. The Labute approximate surface area is 128 Å². The summed E-state index contributed by atoms with van der Waals surface area (Å²) in [7, 11) is 0. The summed E-state index contributed by atoms with van der Waals surface area (Å²) < 4.78 is 5.50. The van der Waals surface area contributed by atoms with E-state index in [1.54, 1.807) is 11.8 Å². The molecule has 0 aromatic carbocycles. The van der Waals surface area contributed by atoms with Crippen molar-refractivity contribution >= 4 is 29.4 Å². The van der Waals surface area contributed by atoms with E-state index in [0.29, 0.717) is 16.9 Å². The molecular weight excluding hydrogens is 294 g/mol. The van der Waals surface area contributed by atoms with E-state index >= 15 is 0 Å². The number of hydrogen-bond acceptors (Lipinski definition) is 6. The second kappa shape index (κ2) is 7.36. The monoisotopic (exact) mass is 315 g/mol. The lowest BCUT2D eigenvalue weighted by Crippen LogP contribution is -2.41. The fourth-order valence-corrected chi connectivity index (χ4v) is 3.30. The first-order valence-corrected chi connectivity index (χ1v) is 9.14. The summed E-state index contributed by atoms with van der Waals surface area (Å²) in [5.74, 6) is 2.23. The molecule has 7 heteroatoms. The predicted octanol–water partition coefficient (Wildman–Crippen LogP) is 2.67. The van der Waals surface area contributed by atoms with E-state index in [4.69, 9.17) is 4.42 Å². The number of thioether (sulfide) groups is 2. The minimum atomic E-state index is -0.175. The highest BCUT2D eigenvalue weighted by Crippen LogP contribution is 2.25. The molecule has 1 amide bonds. The molecule has 1 aliphatic rings. The molecule has 0 bridgehead atoms. The van der Waals surface area contributed by atoms with Crippen molar-refractivity contribution in [3.8, 4) is 0 Å². The van der Waals surface area contributed by atoms with Crippen LogP contribution in [0.5, 0.6) is 0 Å². The SMILES string of the molecule is CSCc1nnc(SC(C)C(=O)N2CCC(C)CC2)o1. The molecule has 1 aromatic rings. The van der Waals surface area contributed by atoms with Crippen LogP contribution in [0, 0.1) is 5.92 Å². The van der Waals surface area contributed by atoms with Gasteiger partial charge in [0, 0.05) is 13.1 Å². The van der Waals surface area contributed by atoms with Gasteiger partial charge in [0.2, 0.25) is 11.8 Å². The van der Waals surface area contributed by atoms with Crippen LogP contribution in [0.1, 0.15) is 32.6 Å². The molecular formula is C13H21N3O2S2. The number of carbonyl (C=O) groups excluding carboxylic acids is 1. The maximum absolute atomic E-state index is 12.4. The van der Waals surface area contributed by atoms with Gasteiger partial charge in [-0.15, -0.1) is 10.2 Å². The van der Waals surface area contributed by atoms with E-state index in [1.165, 1.54) is 11.8 Å². The van der Waals surface area contributed by atoms with Crippen LogP contribution >= 0.6 is 23.5 Å². The van der Waals surface area contributed by atoms with Crippen molar-refractivity contribution in [2.24, 2.45) is 5.92 Å². The Morgan fingerprint density at radius 1 is 1.45 bits per heavy atom. The van der Waals surface area contributed by atoms with Gasteiger partial charge in [0.1, 0.15) is 0 Å². The van der Waals surface area contributed by atoms with E-state index in [9.17, 15) is 4.79 Å². The average molecular weight is 315 g/mol. The van der Waals surface area contributed by atoms with Gasteiger partial charge in [0.25, 0.3) is 5.22 Å². The largest absolute Gasteiger partial charge is 0.415 e. The summed E-state index contributed by atoms with van der Waals surface area (Å²) in [5, 5.41) is 8.25. The van der Waals surface area contributed by atoms with Gasteiger partial charge < -0.3 is 9.32 Å². The fourth-order valence-electron chi connectivity index (χ4n) is 2.16. The first-order chi connectivity index (χ1) is 9.60. The molecule has 0 aliphatic carbocycles. The summed E-state index contributed by atoms with van der Waals surface area (Å²) in [6, 6.07) is 0. The van der Waals surface area contributed by atoms with Crippen LogP contribution in [-0.4, -0.2) is 45.6 Å². The molecule has 20 heavy (non-hydrogen) atoms. The smallest absolute Gasteiger partial charge is 0.277 e. The molecule has 0 radical (unpaired) electrons. The predicted molar refractivity (Wildman–Crippen MR) is 81.8 cm³/mol. The van der Waals surface area contributed by atoms with Crippen molar-refractivity contribution in [3.05, 3.63) is 5.89 Å². The van der Waals surface area contributed by atoms with Crippen LogP contribution in [0.2, 0.25) is 0 Å². The number of nitrogens with zero attached hydrogens (tertiary/aromatic N) is 3. The molecule has 2 rings (SSSR count). The maximum Gasteiger partial charge on any atom is 0.277 e. The Bertz CT molecular complexity index is 445. The lowest BCUT2D eigenvalue weighted by Gasteiger charge is -2.31. The summed E-state index contributed by atoms with van der Waals surface area (Å²) in [5.41, 5.74) is 0. The molecule has 1 atom stereocenters. The number of amides is 1. The number of piperidine rings is 1. The van der Waals surface area contributed by atoms with Crippen LogP contribution in [0.15, 0.2) is 9.64 Å². The Morgan fingerprint density at radius 3 is 2.80 bits per heavy atom. The van der Waals surface area contributed by atoms with Gasteiger partial charge in [-0.1, -0.05) is 18.7 Å². The first-order valence-electron chi connectivity index (χ1n) is 6.87. The van der Waals surface area contributed by atoms with Crippen LogP contribution in [-0.2, 0) is 10.5 Å². The van der Waals surface area contributed by atoms with Crippen LogP contribution < -0.4 is 0 Å². The van der Waals surface area contributed by atoms with Gasteiger partial charge in [-0.2, -0.15) is 11.8 Å². The van der Waals surface area contributed by atoms with E-state index in [-0.39, 0.29) is 11.2 Å². The molecule has 1 aliphatic heterocycles. The van der Waals surface area contributed by atoms with Gasteiger partial charge in [-0.25, -0.2) is 0 Å². The van der Waals surface area contributed by atoms with Crippen LogP contribution in [0.4, 0.5) is 0 Å². The zero-order chi connectivity index (χ0) is 14.5. The topological polar surface area (TPSA) is 59.2 Å². The number of likely N-dealkylation sites (tertiary alicyclic amines) is 1. The fraction of sp³-hybridized carbons (Fsp3) is 0.769. The average Bonchev–Trinajstić information content (AvgIpc) is 2.86. The molecule has 1 saturated heterocycles. The number of rotatable bonds is 5. The van der Waals surface area contributed by atoms with Gasteiger partial charge in [-0.05, 0) is 31.9 Å². The van der Waals surface area contributed by atoms with E-state index < -0.39 is 0 Å². The summed E-state index contributed by atoms with van der Waals surface area (Å²) in [4.78, 5) is 14.3. The van der Waals surface area contributed by atoms with Crippen LogP contribution in [0.3, 0.4) is 0 Å². The zero-order valence-electron chi connectivity index (χ0n) is 12.2. The van der Waals surface area contributed by atoms with Gasteiger partial charge in [-0.3, -0.25) is 4.79 Å². The third-order valence-electron chi connectivity index (χ3n) is 3.44. The third-order valence-corrected chi connectivity index (χ3v) is 4.89. The lowest BCUT2D eigenvalue weighted by molar-refractivity contribution is -0.131. The number of aromatic nitrogens is 2. The van der Waals surface area contributed by atoms with Crippen molar-refractivity contribution in [1.82, 2.24) is 15.1 Å². The van der Waals surface area contributed by atoms with E-state index in [0.717, 1.165) is 31.8 Å². The quantitative estimate of drug-likeness (QED) is 0.779. The standard InChI is InChI=1S/C13H21N3O2S2/c1-9-4-6-16(7-5-9)12(17)10(2)20-13-15-14-11(18-13)8-19-3/h9-10H,4-8H2,1-3H3.